The van der Waals surface area contributed by atoms with Crippen LogP contribution in [0, 0.1) is 11.8 Å². The van der Waals surface area contributed by atoms with E-state index >= 15 is 0 Å². The number of carbonyl (C=O) groups excluding carboxylic acids is 1. The minimum Gasteiger partial charge on any atom is -0.461 e. The van der Waals surface area contributed by atoms with E-state index in [0.717, 1.165) is 36.1 Å². The Morgan fingerprint density at radius 2 is 2.19 bits per heavy atom. The molecule has 1 aromatic rings. The predicted molar refractivity (Wildman–Crippen MR) is 85.2 cm³/mol. The van der Waals surface area contributed by atoms with Crippen molar-refractivity contribution in [1.29, 1.82) is 0 Å². The Balaban J connectivity index is 1.43. The summed E-state index contributed by atoms with van der Waals surface area (Å²) in [6, 6.07) is 9.81. The van der Waals surface area contributed by atoms with Gasteiger partial charge in [0.2, 0.25) is 0 Å². The second-order valence-electron chi connectivity index (χ2n) is 5.56. The Bertz CT molecular complexity index is 526. The van der Waals surface area contributed by atoms with Crippen LogP contribution in [-0.4, -0.2) is 41.4 Å². The van der Waals surface area contributed by atoms with Gasteiger partial charge < -0.3 is 9.64 Å². The van der Waals surface area contributed by atoms with Crippen molar-refractivity contribution in [1.82, 2.24) is 4.90 Å². The quantitative estimate of drug-likeness (QED) is 0.801. The van der Waals surface area contributed by atoms with Crippen molar-refractivity contribution in [2.75, 3.05) is 25.4 Å². The first-order chi connectivity index (χ1) is 10.2. The molecule has 5 heteroatoms. The molecule has 21 heavy (non-hydrogen) atoms. The molecule has 0 spiro atoms. The lowest BCUT2D eigenvalue weighted by Crippen LogP contribution is -2.52. The first-order valence-electron chi connectivity index (χ1n) is 7.37. The van der Waals surface area contributed by atoms with Crippen molar-refractivity contribution >= 4 is 22.9 Å². The Morgan fingerprint density at radius 3 is 2.86 bits per heavy atom. The number of hydrogen-bond acceptors (Lipinski definition) is 5. The van der Waals surface area contributed by atoms with Crippen LogP contribution in [0.1, 0.15) is 12.5 Å². The fourth-order valence-corrected chi connectivity index (χ4v) is 3.43. The van der Waals surface area contributed by atoms with Gasteiger partial charge in [-0.3, -0.25) is 9.79 Å². The number of ether oxygens (including phenoxy) is 1. The molecule has 1 aromatic carbocycles. The zero-order valence-corrected chi connectivity index (χ0v) is 13.0. The molecule has 112 valence electrons. The average molecular weight is 304 g/mol. The minimum atomic E-state index is -0.0930. The summed E-state index contributed by atoms with van der Waals surface area (Å²) in [7, 11) is 0. The summed E-state index contributed by atoms with van der Waals surface area (Å²) in [5.74, 6) is 1.34. The monoisotopic (exact) mass is 304 g/mol. The van der Waals surface area contributed by atoms with Crippen molar-refractivity contribution in [3.8, 4) is 0 Å². The van der Waals surface area contributed by atoms with E-state index in [2.05, 4.69) is 9.89 Å². The Kier molecular flexibility index (Phi) is 4.48. The minimum absolute atomic E-state index is 0.0445. The van der Waals surface area contributed by atoms with Gasteiger partial charge in [0.25, 0.3) is 0 Å². The van der Waals surface area contributed by atoms with E-state index in [-0.39, 0.29) is 11.9 Å². The van der Waals surface area contributed by atoms with Crippen LogP contribution in [0.3, 0.4) is 0 Å². The van der Waals surface area contributed by atoms with E-state index in [1.54, 1.807) is 0 Å². The summed E-state index contributed by atoms with van der Waals surface area (Å²) in [5.41, 5.74) is 1.03. The molecule has 0 amide bonds. The molecule has 1 atom stereocenters. The van der Waals surface area contributed by atoms with Gasteiger partial charge in [0.1, 0.15) is 6.61 Å². The molecule has 3 rings (SSSR count). The van der Waals surface area contributed by atoms with Crippen LogP contribution in [0.15, 0.2) is 35.3 Å². The smallest absolute Gasteiger partial charge is 0.309 e. The molecule has 0 bridgehead atoms. The number of amidine groups is 1. The third-order valence-corrected chi connectivity index (χ3v) is 5.08. The molecular weight excluding hydrogens is 284 g/mol. The molecule has 2 aliphatic heterocycles. The lowest BCUT2D eigenvalue weighted by Gasteiger charge is -2.42. The molecule has 1 fully saturated rings. The fraction of sp³-hybridized carbons (Fsp3) is 0.500. The lowest BCUT2D eigenvalue weighted by molar-refractivity contribution is -0.152. The summed E-state index contributed by atoms with van der Waals surface area (Å²) >= 11 is 1.82. The Morgan fingerprint density at radius 1 is 1.43 bits per heavy atom. The number of likely N-dealkylation sites (tertiary alicyclic amines) is 1. The van der Waals surface area contributed by atoms with Gasteiger partial charge in [-0.25, -0.2) is 0 Å². The van der Waals surface area contributed by atoms with Gasteiger partial charge in [0, 0.05) is 24.8 Å². The van der Waals surface area contributed by atoms with E-state index < -0.39 is 0 Å². The SMILES string of the molecule is CC(C(=O)OCc1ccccc1)C1CN(C2=NCCS2)C1. The van der Waals surface area contributed by atoms with Crippen LogP contribution >= 0.6 is 11.8 Å². The number of nitrogens with zero attached hydrogens (tertiary/aromatic N) is 2. The number of thioether (sulfide) groups is 1. The molecule has 2 aliphatic rings. The lowest BCUT2D eigenvalue weighted by atomic mass is 9.87. The van der Waals surface area contributed by atoms with Crippen LogP contribution in [0.2, 0.25) is 0 Å². The highest BCUT2D eigenvalue weighted by molar-refractivity contribution is 8.14. The summed E-state index contributed by atoms with van der Waals surface area (Å²) < 4.78 is 5.41. The van der Waals surface area contributed by atoms with Crippen LogP contribution in [0.25, 0.3) is 0 Å². The molecule has 2 heterocycles. The maximum atomic E-state index is 12.1. The van der Waals surface area contributed by atoms with Crippen molar-refractivity contribution < 1.29 is 9.53 Å². The summed E-state index contributed by atoms with van der Waals surface area (Å²) in [4.78, 5) is 18.8. The van der Waals surface area contributed by atoms with Crippen LogP contribution in [0.4, 0.5) is 0 Å². The van der Waals surface area contributed by atoms with Crippen molar-refractivity contribution in [2.24, 2.45) is 16.8 Å². The molecule has 0 radical (unpaired) electrons. The zero-order valence-electron chi connectivity index (χ0n) is 12.2. The normalized spacial score (nSPS) is 19.9. The molecular formula is C16H20N2O2S. The zero-order chi connectivity index (χ0) is 14.7. The fourth-order valence-electron chi connectivity index (χ4n) is 2.55. The molecule has 4 nitrogen and oxygen atoms in total. The Hall–Kier alpha value is -1.49. The van der Waals surface area contributed by atoms with E-state index in [0.29, 0.717) is 12.5 Å². The first-order valence-corrected chi connectivity index (χ1v) is 8.35. The van der Waals surface area contributed by atoms with E-state index in [9.17, 15) is 4.79 Å². The number of carbonyl (C=O) groups is 1. The van der Waals surface area contributed by atoms with Crippen LogP contribution in [0.5, 0.6) is 0 Å². The summed E-state index contributed by atoms with van der Waals surface area (Å²) in [5, 5.41) is 1.15. The molecule has 1 saturated heterocycles. The maximum Gasteiger partial charge on any atom is 0.309 e. The number of aliphatic imine (C=N–C) groups is 1. The molecule has 0 saturated carbocycles. The van der Waals surface area contributed by atoms with E-state index in [1.165, 1.54) is 0 Å². The van der Waals surface area contributed by atoms with Crippen molar-refractivity contribution in [3.63, 3.8) is 0 Å². The van der Waals surface area contributed by atoms with Gasteiger partial charge in [-0.15, -0.1) is 0 Å². The number of benzene rings is 1. The van der Waals surface area contributed by atoms with Gasteiger partial charge in [-0.1, -0.05) is 49.0 Å². The topological polar surface area (TPSA) is 41.9 Å². The van der Waals surface area contributed by atoms with Crippen LogP contribution in [-0.2, 0) is 16.1 Å². The van der Waals surface area contributed by atoms with E-state index in [4.69, 9.17) is 4.74 Å². The van der Waals surface area contributed by atoms with Crippen LogP contribution < -0.4 is 0 Å². The highest BCUT2D eigenvalue weighted by atomic mass is 32.2. The third-order valence-electron chi connectivity index (χ3n) is 4.05. The number of rotatable bonds is 4. The largest absolute Gasteiger partial charge is 0.461 e. The highest BCUT2D eigenvalue weighted by Crippen LogP contribution is 2.29. The van der Waals surface area contributed by atoms with Crippen molar-refractivity contribution in [2.45, 2.75) is 13.5 Å². The molecule has 1 unspecified atom stereocenters. The predicted octanol–water partition coefficient (Wildman–Crippen LogP) is 2.40. The first kappa shape index (κ1) is 14.4. The van der Waals surface area contributed by atoms with Crippen molar-refractivity contribution in [3.05, 3.63) is 35.9 Å². The third kappa shape index (κ3) is 3.40. The standard InChI is InChI=1S/C16H20N2O2S/c1-12(14-9-18(10-14)16-17-7-8-21-16)15(19)20-11-13-5-3-2-4-6-13/h2-6,12,14H,7-11H2,1H3. The summed E-state index contributed by atoms with van der Waals surface area (Å²) in [6.07, 6.45) is 0. The summed E-state index contributed by atoms with van der Waals surface area (Å²) in [6.45, 7) is 5.11. The van der Waals surface area contributed by atoms with Gasteiger partial charge in [0.15, 0.2) is 5.17 Å². The second-order valence-corrected chi connectivity index (χ2v) is 6.62. The molecule has 0 N–H and O–H groups in total. The van der Waals surface area contributed by atoms with E-state index in [1.807, 2.05) is 49.0 Å². The molecule has 0 aromatic heterocycles. The van der Waals surface area contributed by atoms with Gasteiger partial charge in [-0.2, -0.15) is 0 Å². The maximum absolute atomic E-state index is 12.1. The highest BCUT2D eigenvalue weighted by Gasteiger charge is 2.37. The van der Waals surface area contributed by atoms with Gasteiger partial charge >= 0.3 is 5.97 Å². The number of esters is 1. The molecule has 0 aliphatic carbocycles. The second kappa shape index (κ2) is 6.52. The number of hydrogen-bond donors (Lipinski definition) is 0. The Labute approximate surface area is 129 Å². The average Bonchev–Trinajstić information content (AvgIpc) is 2.98. The van der Waals surface area contributed by atoms with Gasteiger partial charge in [0.05, 0.1) is 12.5 Å². The van der Waals surface area contributed by atoms with Gasteiger partial charge in [-0.05, 0) is 5.56 Å².